The monoisotopic (exact) mass is 287 g/mol. The van der Waals surface area contributed by atoms with Crippen LogP contribution in [0.5, 0.6) is 0 Å². The summed E-state index contributed by atoms with van der Waals surface area (Å²) in [6.45, 7) is 9.24. The molecule has 0 atom stereocenters. The van der Waals surface area contributed by atoms with Crippen molar-refractivity contribution in [1.29, 1.82) is 0 Å². The van der Waals surface area contributed by atoms with Gasteiger partial charge in [0.25, 0.3) is 0 Å². The van der Waals surface area contributed by atoms with Crippen molar-refractivity contribution >= 4 is 30.7 Å². The summed E-state index contributed by atoms with van der Waals surface area (Å²) < 4.78 is 0. The molecule has 0 unspecified atom stereocenters. The summed E-state index contributed by atoms with van der Waals surface area (Å²) >= 11 is 0. The van der Waals surface area contributed by atoms with E-state index < -0.39 is 5.54 Å². The molecule has 17 heavy (non-hydrogen) atoms. The number of hydrogen-bond acceptors (Lipinski definition) is 3. The van der Waals surface area contributed by atoms with Gasteiger partial charge in [-0.1, -0.05) is 13.8 Å². The zero-order valence-electron chi connectivity index (χ0n) is 11.7. The third kappa shape index (κ3) is 10.8. The summed E-state index contributed by atoms with van der Waals surface area (Å²) in [5.74, 6) is -0.102. The molecule has 0 radical (unpaired) electrons. The Morgan fingerprint density at radius 2 is 1.59 bits per heavy atom. The Kier molecular flexibility index (Phi) is 10.6. The molecule has 0 spiro atoms. The fourth-order valence-corrected chi connectivity index (χ4v) is 1.46. The molecule has 0 aromatic rings. The third-order valence-electron chi connectivity index (χ3n) is 2.06. The predicted octanol–water partition coefficient (Wildman–Crippen LogP) is 1.27. The van der Waals surface area contributed by atoms with Crippen LogP contribution in [0.2, 0.25) is 0 Å². The Morgan fingerprint density at radius 3 is 1.88 bits per heavy atom. The molecule has 0 fully saturated rings. The van der Waals surface area contributed by atoms with E-state index in [1.54, 1.807) is 13.8 Å². The van der Waals surface area contributed by atoms with E-state index in [-0.39, 0.29) is 36.1 Å². The number of amides is 1. The molecule has 3 N–H and O–H groups in total. The molecular weight excluding hydrogens is 261 g/mol. The van der Waals surface area contributed by atoms with Gasteiger partial charge in [0.15, 0.2) is 0 Å². The Hall–Kier alpha value is -0.0300. The minimum absolute atomic E-state index is 0. The lowest BCUT2D eigenvalue weighted by Gasteiger charge is -2.29. The minimum atomic E-state index is -0.797. The molecule has 0 aromatic heterocycles. The van der Waals surface area contributed by atoms with Crippen LogP contribution in [0.1, 0.15) is 27.7 Å². The van der Waals surface area contributed by atoms with Crippen molar-refractivity contribution in [2.24, 2.45) is 11.1 Å². The molecule has 0 heterocycles. The minimum Gasteiger partial charge on any atom is -0.354 e. The maximum Gasteiger partial charge on any atom is 0.239 e. The van der Waals surface area contributed by atoms with Gasteiger partial charge in [0.1, 0.15) is 0 Å². The van der Waals surface area contributed by atoms with Crippen molar-refractivity contribution in [3.8, 4) is 0 Å². The second kappa shape index (κ2) is 8.14. The lowest BCUT2D eigenvalue weighted by Crippen LogP contribution is -2.52. The van der Waals surface area contributed by atoms with E-state index in [9.17, 15) is 4.79 Å². The topological polar surface area (TPSA) is 58.4 Å². The van der Waals surface area contributed by atoms with E-state index in [1.807, 2.05) is 14.1 Å². The lowest BCUT2D eigenvalue weighted by molar-refractivity contribution is -0.125. The van der Waals surface area contributed by atoms with Gasteiger partial charge in [-0.05, 0) is 33.4 Å². The highest BCUT2D eigenvalue weighted by atomic mass is 35.5. The van der Waals surface area contributed by atoms with E-state index in [4.69, 9.17) is 5.73 Å². The summed E-state index contributed by atoms with van der Waals surface area (Å²) in [6.07, 6.45) is 0. The standard InChI is InChI=1S/C11H25N3O.2ClH/c1-10(2,8-14(5)6)7-13-9(15)11(3,4)12;;/h7-8,12H2,1-6H3,(H,13,15);2*1H. The molecule has 1 amide bonds. The number of hydrogen-bond donors (Lipinski definition) is 2. The highest BCUT2D eigenvalue weighted by Crippen LogP contribution is 2.14. The zero-order chi connectivity index (χ0) is 12.3. The number of halogens is 2. The maximum atomic E-state index is 11.5. The van der Waals surface area contributed by atoms with E-state index in [2.05, 4.69) is 24.1 Å². The molecule has 4 nitrogen and oxygen atoms in total. The van der Waals surface area contributed by atoms with Gasteiger partial charge in [-0.15, -0.1) is 24.8 Å². The summed E-state index contributed by atoms with van der Waals surface area (Å²) in [5.41, 5.74) is 4.95. The first-order chi connectivity index (χ1) is 6.54. The Balaban J connectivity index is -0.000000980. The first-order valence-corrected chi connectivity index (χ1v) is 5.26. The van der Waals surface area contributed by atoms with Crippen LogP contribution >= 0.6 is 24.8 Å². The molecule has 0 aliphatic rings. The Labute approximate surface area is 118 Å². The SMILES string of the molecule is CN(C)CC(C)(C)CNC(=O)C(C)(C)N.Cl.Cl. The number of nitrogens with one attached hydrogen (secondary N) is 1. The first-order valence-electron chi connectivity index (χ1n) is 5.26. The molecule has 0 saturated carbocycles. The molecule has 6 heteroatoms. The first kappa shape index (κ1) is 22.2. The van der Waals surface area contributed by atoms with Crippen molar-refractivity contribution in [2.75, 3.05) is 27.2 Å². The number of nitrogens with zero attached hydrogens (tertiary/aromatic N) is 1. The average Bonchev–Trinajstić information content (AvgIpc) is 1.95. The quantitative estimate of drug-likeness (QED) is 0.801. The second-order valence-electron chi connectivity index (χ2n) is 5.81. The molecule has 0 aromatic carbocycles. The van der Waals surface area contributed by atoms with E-state index >= 15 is 0 Å². The van der Waals surface area contributed by atoms with Crippen molar-refractivity contribution in [1.82, 2.24) is 10.2 Å². The fraction of sp³-hybridized carbons (Fsp3) is 0.909. The summed E-state index contributed by atoms with van der Waals surface area (Å²) in [6, 6.07) is 0. The molecule has 0 saturated heterocycles. The van der Waals surface area contributed by atoms with Crippen molar-refractivity contribution < 1.29 is 4.79 Å². The molecule has 106 valence electrons. The maximum absolute atomic E-state index is 11.5. The normalized spacial score (nSPS) is 11.5. The summed E-state index contributed by atoms with van der Waals surface area (Å²) in [4.78, 5) is 13.7. The lowest BCUT2D eigenvalue weighted by atomic mass is 9.92. The van der Waals surface area contributed by atoms with E-state index in [1.165, 1.54) is 0 Å². The van der Waals surface area contributed by atoms with Crippen molar-refractivity contribution in [3.63, 3.8) is 0 Å². The van der Waals surface area contributed by atoms with Crippen molar-refractivity contribution in [2.45, 2.75) is 33.2 Å². The van der Waals surface area contributed by atoms with Gasteiger partial charge in [-0.2, -0.15) is 0 Å². The van der Waals surface area contributed by atoms with Gasteiger partial charge in [0.05, 0.1) is 5.54 Å². The highest BCUT2D eigenvalue weighted by molar-refractivity contribution is 5.85. The predicted molar refractivity (Wildman–Crippen MR) is 78.1 cm³/mol. The van der Waals surface area contributed by atoms with E-state index in [0.717, 1.165) is 6.54 Å². The molecule has 0 rings (SSSR count). The van der Waals surface area contributed by atoms with Crippen LogP contribution < -0.4 is 11.1 Å². The van der Waals surface area contributed by atoms with Crippen LogP contribution in [-0.2, 0) is 4.79 Å². The smallest absolute Gasteiger partial charge is 0.239 e. The molecule has 0 bridgehead atoms. The average molecular weight is 288 g/mol. The second-order valence-corrected chi connectivity index (χ2v) is 5.81. The van der Waals surface area contributed by atoms with Crippen LogP contribution in [0.4, 0.5) is 0 Å². The summed E-state index contributed by atoms with van der Waals surface area (Å²) in [7, 11) is 4.05. The highest BCUT2D eigenvalue weighted by Gasteiger charge is 2.25. The third-order valence-corrected chi connectivity index (χ3v) is 2.06. The van der Waals surface area contributed by atoms with Gasteiger partial charge in [0.2, 0.25) is 5.91 Å². The Bertz CT molecular complexity index is 225. The van der Waals surface area contributed by atoms with Crippen LogP contribution in [0, 0.1) is 5.41 Å². The van der Waals surface area contributed by atoms with Crippen LogP contribution in [0.25, 0.3) is 0 Å². The van der Waals surface area contributed by atoms with Crippen LogP contribution in [0.15, 0.2) is 0 Å². The number of carbonyl (C=O) groups is 1. The largest absolute Gasteiger partial charge is 0.354 e. The number of nitrogens with two attached hydrogens (primary N) is 1. The van der Waals surface area contributed by atoms with Crippen LogP contribution in [0.3, 0.4) is 0 Å². The van der Waals surface area contributed by atoms with Gasteiger partial charge in [0, 0.05) is 13.1 Å². The number of rotatable bonds is 5. The van der Waals surface area contributed by atoms with Gasteiger partial charge < -0.3 is 16.0 Å². The van der Waals surface area contributed by atoms with Gasteiger partial charge in [-0.25, -0.2) is 0 Å². The zero-order valence-corrected chi connectivity index (χ0v) is 13.3. The van der Waals surface area contributed by atoms with Gasteiger partial charge >= 0.3 is 0 Å². The van der Waals surface area contributed by atoms with Crippen molar-refractivity contribution in [3.05, 3.63) is 0 Å². The van der Waals surface area contributed by atoms with E-state index in [0.29, 0.717) is 6.54 Å². The van der Waals surface area contributed by atoms with Gasteiger partial charge in [-0.3, -0.25) is 4.79 Å². The Morgan fingerprint density at radius 1 is 1.18 bits per heavy atom. The number of carbonyl (C=O) groups excluding carboxylic acids is 1. The van der Waals surface area contributed by atoms with Crippen LogP contribution in [-0.4, -0.2) is 43.5 Å². The fourth-order valence-electron chi connectivity index (χ4n) is 1.46. The molecular formula is C11H27Cl2N3O. The molecule has 0 aliphatic carbocycles. The molecule has 0 aliphatic heterocycles. The summed E-state index contributed by atoms with van der Waals surface area (Å²) in [5, 5.41) is 2.88.